The van der Waals surface area contributed by atoms with Crippen molar-refractivity contribution in [1.82, 2.24) is 4.90 Å². The summed E-state index contributed by atoms with van der Waals surface area (Å²) in [6, 6.07) is 9.47. The van der Waals surface area contributed by atoms with Crippen molar-refractivity contribution in [2.45, 2.75) is 50.2 Å². The molecule has 1 rings (SSSR count). The zero-order valence-corrected chi connectivity index (χ0v) is 14.7. The molecule has 26 heavy (non-hydrogen) atoms. The number of hydrogen-bond donors (Lipinski definition) is 6. The van der Waals surface area contributed by atoms with E-state index in [-0.39, 0.29) is 13.0 Å². The Hall–Kier alpha value is -1.55. The van der Waals surface area contributed by atoms with Gasteiger partial charge in [0.1, 0.15) is 18.3 Å². The number of carbonyl (C=O) groups is 1. The van der Waals surface area contributed by atoms with Crippen molar-refractivity contribution >= 4 is 5.97 Å². The normalized spacial score (nSPS) is 16.2. The molecule has 4 atom stereocenters. The first-order chi connectivity index (χ1) is 12.3. The standard InChI is InChI=1S/C18H29NO7/c20-12-15(22)18(26)17(25)14(21)11-19(9-5-4-8-16(23)24)10-13-6-2-1-3-7-13/h1-3,6-7,14-15,17-18,20-22,25-26H,4-5,8-12H2,(H,23,24). The summed E-state index contributed by atoms with van der Waals surface area (Å²) < 4.78 is 0. The van der Waals surface area contributed by atoms with Gasteiger partial charge in [-0.05, 0) is 24.9 Å². The summed E-state index contributed by atoms with van der Waals surface area (Å²) >= 11 is 0. The van der Waals surface area contributed by atoms with E-state index >= 15 is 0 Å². The zero-order chi connectivity index (χ0) is 19.5. The van der Waals surface area contributed by atoms with E-state index in [4.69, 9.17) is 10.2 Å². The Morgan fingerprint density at radius 3 is 2.15 bits per heavy atom. The number of hydrogen-bond acceptors (Lipinski definition) is 7. The highest BCUT2D eigenvalue weighted by molar-refractivity contribution is 5.66. The van der Waals surface area contributed by atoms with E-state index in [0.717, 1.165) is 5.56 Å². The fraction of sp³-hybridized carbons (Fsp3) is 0.611. The third-order valence-electron chi connectivity index (χ3n) is 4.13. The van der Waals surface area contributed by atoms with E-state index in [1.807, 2.05) is 35.2 Å². The Morgan fingerprint density at radius 2 is 1.58 bits per heavy atom. The van der Waals surface area contributed by atoms with Gasteiger partial charge in [0.15, 0.2) is 0 Å². The topological polar surface area (TPSA) is 142 Å². The molecule has 1 aromatic carbocycles. The average Bonchev–Trinajstić information content (AvgIpc) is 2.63. The van der Waals surface area contributed by atoms with Crippen LogP contribution in [-0.2, 0) is 11.3 Å². The molecular formula is C18H29NO7. The SMILES string of the molecule is O=C(O)CCCCN(Cc1ccccc1)CC(O)C(O)C(O)C(O)CO. The van der Waals surface area contributed by atoms with Gasteiger partial charge in [0, 0.05) is 19.5 Å². The highest BCUT2D eigenvalue weighted by Crippen LogP contribution is 2.11. The van der Waals surface area contributed by atoms with E-state index in [1.165, 1.54) is 0 Å². The monoisotopic (exact) mass is 371 g/mol. The molecule has 0 aliphatic heterocycles. The predicted molar refractivity (Wildman–Crippen MR) is 94.3 cm³/mol. The van der Waals surface area contributed by atoms with Crippen LogP contribution >= 0.6 is 0 Å². The number of aliphatic carboxylic acids is 1. The Kier molecular flexibility index (Phi) is 10.3. The highest BCUT2D eigenvalue weighted by Gasteiger charge is 2.31. The first-order valence-corrected chi connectivity index (χ1v) is 8.66. The molecule has 0 radical (unpaired) electrons. The van der Waals surface area contributed by atoms with Crippen molar-refractivity contribution in [3.63, 3.8) is 0 Å². The van der Waals surface area contributed by atoms with Gasteiger partial charge >= 0.3 is 5.97 Å². The summed E-state index contributed by atoms with van der Waals surface area (Å²) in [5.74, 6) is -0.865. The average molecular weight is 371 g/mol. The van der Waals surface area contributed by atoms with Gasteiger partial charge in [-0.25, -0.2) is 0 Å². The van der Waals surface area contributed by atoms with Crippen molar-refractivity contribution < 1.29 is 35.4 Å². The van der Waals surface area contributed by atoms with Crippen LogP contribution in [0.2, 0.25) is 0 Å². The van der Waals surface area contributed by atoms with E-state index in [0.29, 0.717) is 25.9 Å². The first kappa shape index (κ1) is 22.5. The molecule has 0 aromatic heterocycles. The maximum absolute atomic E-state index is 10.6. The van der Waals surface area contributed by atoms with Gasteiger partial charge < -0.3 is 30.6 Å². The van der Waals surface area contributed by atoms with Gasteiger partial charge in [0.05, 0.1) is 12.7 Å². The Balaban J connectivity index is 2.65. The lowest BCUT2D eigenvalue weighted by Crippen LogP contribution is -2.49. The van der Waals surface area contributed by atoms with Crippen LogP contribution in [0.3, 0.4) is 0 Å². The molecule has 8 nitrogen and oxygen atoms in total. The molecule has 0 heterocycles. The molecule has 6 N–H and O–H groups in total. The van der Waals surface area contributed by atoms with E-state index in [1.54, 1.807) is 0 Å². The third kappa shape index (κ3) is 8.22. The maximum Gasteiger partial charge on any atom is 0.303 e. The van der Waals surface area contributed by atoms with Crippen LogP contribution in [0.5, 0.6) is 0 Å². The van der Waals surface area contributed by atoms with E-state index in [2.05, 4.69) is 0 Å². The van der Waals surface area contributed by atoms with Crippen molar-refractivity contribution in [1.29, 1.82) is 0 Å². The number of carboxylic acid groups (broad SMARTS) is 1. The molecule has 4 unspecified atom stereocenters. The van der Waals surface area contributed by atoms with Gasteiger partial charge in [0.25, 0.3) is 0 Å². The Labute approximate surface area is 152 Å². The second kappa shape index (κ2) is 11.9. The van der Waals surface area contributed by atoms with Crippen LogP contribution in [0.1, 0.15) is 24.8 Å². The van der Waals surface area contributed by atoms with Crippen LogP contribution in [0, 0.1) is 0 Å². The minimum atomic E-state index is -1.67. The van der Waals surface area contributed by atoms with Gasteiger partial charge in [-0.15, -0.1) is 0 Å². The molecule has 0 fully saturated rings. The lowest BCUT2D eigenvalue weighted by molar-refractivity contribution is -0.137. The lowest BCUT2D eigenvalue weighted by Gasteiger charge is -2.30. The molecule has 0 spiro atoms. The number of unbranched alkanes of at least 4 members (excludes halogenated alkanes) is 1. The van der Waals surface area contributed by atoms with Crippen LogP contribution in [-0.4, -0.2) is 85.6 Å². The zero-order valence-electron chi connectivity index (χ0n) is 14.7. The lowest BCUT2D eigenvalue weighted by atomic mass is 10.0. The summed E-state index contributed by atoms with van der Waals surface area (Å²) in [5, 5.41) is 56.8. The fourth-order valence-corrected chi connectivity index (χ4v) is 2.62. The number of benzene rings is 1. The van der Waals surface area contributed by atoms with Gasteiger partial charge in [-0.1, -0.05) is 30.3 Å². The number of carboxylic acids is 1. The predicted octanol–water partition coefficient (Wildman–Crippen LogP) is -0.821. The molecule has 0 bridgehead atoms. The van der Waals surface area contributed by atoms with Crippen molar-refractivity contribution in [2.24, 2.45) is 0 Å². The van der Waals surface area contributed by atoms with Crippen LogP contribution in [0.4, 0.5) is 0 Å². The third-order valence-corrected chi connectivity index (χ3v) is 4.13. The van der Waals surface area contributed by atoms with Crippen molar-refractivity contribution in [3.05, 3.63) is 35.9 Å². The van der Waals surface area contributed by atoms with Crippen LogP contribution in [0.25, 0.3) is 0 Å². The molecule has 1 aromatic rings. The summed E-state index contributed by atoms with van der Waals surface area (Å²) in [6.45, 7) is 0.285. The summed E-state index contributed by atoms with van der Waals surface area (Å²) in [5.41, 5.74) is 0.989. The number of rotatable bonds is 13. The van der Waals surface area contributed by atoms with Crippen LogP contribution in [0.15, 0.2) is 30.3 Å². The summed E-state index contributed by atoms with van der Waals surface area (Å²) in [6.07, 6.45) is -5.01. The van der Waals surface area contributed by atoms with Gasteiger partial charge in [0.2, 0.25) is 0 Å². The van der Waals surface area contributed by atoms with Crippen molar-refractivity contribution in [3.8, 4) is 0 Å². The Bertz CT molecular complexity index is 514. The smallest absolute Gasteiger partial charge is 0.303 e. The highest BCUT2D eigenvalue weighted by atomic mass is 16.4. The largest absolute Gasteiger partial charge is 0.481 e. The minimum absolute atomic E-state index is 0.0261. The van der Waals surface area contributed by atoms with E-state index < -0.39 is 37.0 Å². The fourth-order valence-electron chi connectivity index (χ4n) is 2.62. The van der Waals surface area contributed by atoms with Crippen molar-refractivity contribution in [2.75, 3.05) is 19.7 Å². The summed E-state index contributed by atoms with van der Waals surface area (Å²) in [4.78, 5) is 12.5. The molecule has 0 saturated heterocycles. The molecule has 0 aliphatic carbocycles. The van der Waals surface area contributed by atoms with E-state index in [9.17, 15) is 25.2 Å². The first-order valence-electron chi connectivity index (χ1n) is 8.66. The molecule has 148 valence electrons. The Morgan fingerprint density at radius 1 is 0.962 bits per heavy atom. The van der Waals surface area contributed by atoms with Gasteiger partial charge in [-0.2, -0.15) is 0 Å². The molecule has 0 saturated carbocycles. The quantitative estimate of drug-likeness (QED) is 0.247. The van der Waals surface area contributed by atoms with Crippen LogP contribution < -0.4 is 0 Å². The number of nitrogens with zero attached hydrogens (tertiary/aromatic N) is 1. The number of aliphatic hydroxyl groups excluding tert-OH is 5. The maximum atomic E-state index is 10.6. The molecule has 0 aliphatic rings. The molecule has 0 amide bonds. The minimum Gasteiger partial charge on any atom is -0.481 e. The second-order valence-corrected chi connectivity index (χ2v) is 6.37. The number of aliphatic hydroxyl groups is 5. The second-order valence-electron chi connectivity index (χ2n) is 6.37. The molecule has 8 heteroatoms. The summed E-state index contributed by atoms with van der Waals surface area (Å²) in [7, 11) is 0. The van der Waals surface area contributed by atoms with Gasteiger partial charge in [-0.3, -0.25) is 9.69 Å². The molecular weight excluding hydrogens is 342 g/mol.